The summed E-state index contributed by atoms with van der Waals surface area (Å²) >= 11 is 0. The SMILES string of the molecule is O=C(c1ccncn1)N1CCOC2(CCCCc3ccccc3OCCNC2=O)C1. The molecule has 1 N–H and O–H groups in total. The average Bonchev–Trinajstić information content (AvgIpc) is 2.79. The molecule has 0 aliphatic carbocycles. The zero-order valence-corrected chi connectivity index (χ0v) is 16.9. The Hall–Kier alpha value is -3.00. The molecule has 0 bridgehead atoms. The molecule has 1 atom stereocenters. The number of fused-ring (bicyclic) bond motifs is 1. The zero-order valence-electron chi connectivity index (χ0n) is 16.9. The first-order valence-corrected chi connectivity index (χ1v) is 10.4. The van der Waals surface area contributed by atoms with Crippen LogP contribution >= 0.6 is 0 Å². The van der Waals surface area contributed by atoms with Crippen LogP contribution in [0.15, 0.2) is 42.9 Å². The largest absolute Gasteiger partial charge is 0.491 e. The molecule has 1 fully saturated rings. The Morgan fingerprint density at radius 3 is 2.93 bits per heavy atom. The lowest BCUT2D eigenvalue weighted by molar-refractivity contribution is -0.159. The van der Waals surface area contributed by atoms with Gasteiger partial charge in [0.2, 0.25) is 0 Å². The molecule has 1 unspecified atom stereocenters. The molecule has 30 heavy (non-hydrogen) atoms. The highest BCUT2D eigenvalue weighted by molar-refractivity contribution is 5.93. The lowest BCUT2D eigenvalue weighted by Gasteiger charge is -2.41. The number of nitrogens with zero attached hydrogens (tertiary/aromatic N) is 3. The number of rotatable bonds is 1. The number of para-hydroxylation sites is 1. The van der Waals surface area contributed by atoms with Crippen LogP contribution < -0.4 is 10.1 Å². The van der Waals surface area contributed by atoms with Crippen molar-refractivity contribution in [2.75, 3.05) is 32.8 Å². The fraction of sp³-hybridized carbons (Fsp3) is 0.455. The van der Waals surface area contributed by atoms with E-state index < -0.39 is 5.60 Å². The number of carbonyl (C=O) groups is 2. The lowest BCUT2D eigenvalue weighted by atomic mass is 9.91. The van der Waals surface area contributed by atoms with E-state index in [4.69, 9.17) is 9.47 Å². The topological polar surface area (TPSA) is 93.7 Å². The summed E-state index contributed by atoms with van der Waals surface area (Å²) in [6, 6.07) is 9.59. The van der Waals surface area contributed by atoms with Crippen LogP contribution in [0.1, 0.15) is 35.3 Å². The second-order valence-corrected chi connectivity index (χ2v) is 7.58. The highest BCUT2D eigenvalue weighted by Gasteiger charge is 2.44. The van der Waals surface area contributed by atoms with Gasteiger partial charge in [-0.15, -0.1) is 0 Å². The average molecular weight is 410 g/mol. The fourth-order valence-electron chi connectivity index (χ4n) is 4.00. The van der Waals surface area contributed by atoms with Crippen molar-refractivity contribution < 1.29 is 19.1 Å². The quantitative estimate of drug-likeness (QED) is 0.768. The van der Waals surface area contributed by atoms with E-state index in [1.807, 2.05) is 18.2 Å². The number of amides is 2. The molecule has 1 spiro atoms. The van der Waals surface area contributed by atoms with E-state index in [0.29, 0.717) is 38.4 Å². The van der Waals surface area contributed by atoms with Crippen LogP contribution in [0.4, 0.5) is 0 Å². The van der Waals surface area contributed by atoms with E-state index >= 15 is 0 Å². The van der Waals surface area contributed by atoms with Crippen molar-refractivity contribution in [2.45, 2.75) is 31.3 Å². The molecule has 0 radical (unpaired) electrons. The Morgan fingerprint density at radius 2 is 2.07 bits per heavy atom. The van der Waals surface area contributed by atoms with Crippen LogP contribution in [0.3, 0.4) is 0 Å². The van der Waals surface area contributed by atoms with Gasteiger partial charge < -0.3 is 19.7 Å². The van der Waals surface area contributed by atoms with Crippen LogP contribution in [0.5, 0.6) is 5.75 Å². The Bertz CT molecular complexity index is 892. The third kappa shape index (κ3) is 4.43. The molecule has 4 rings (SSSR count). The van der Waals surface area contributed by atoms with Crippen molar-refractivity contribution in [1.82, 2.24) is 20.2 Å². The summed E-state index contributed by atoms with van der Waals surface area (Å²) in [6.45, 7) is 1.69. The molecular weight excluding hydrogens is 384 g/mol. The van der Waals surface area contributed by atoms with E-state index in [-0.39, 0.29) is 18.4 Å². The van der Waals surface area contributed by atoms with Gasteiger partial charge in [0.1, 0.15) is 24.4 Å². The van der Waals surface area contributed by atoms with Crippen molar-refractivity contribution >= 4 is 11.8 Å². The Morgan fingerprint density at radius 1 is 1.17 bits per heavy atom. The van der Waals surface area contributed by atoms with E-state index in [9.17, 15) is 9.59 Å². The third-order valence-corrected chi connectivity index (χ3v) is 5.58. The number of morpholine rings is 1. The molecule has 8 heteroatoms. The van der Waals surface area contributed by atoms with Gasteiger partial charge in [-0.25, -0.2) is 9.97 Å². The number of carbonyl (C=O) groups excluding carboxylic acids is 2. The van der Waals surface area contributed by atoms with Crippen molar-refractivity contribution in [3.63, 3.8) is 0 Å². The van der Waals surface area contributed by atoms with Gasteiger partial charge in [0.15, 0.2) is 5.60 Å². The number of hydrogen-bond donors (Lipinski definition) is 1. The van der Waals surface area contributed by atoms with Crippen molar-refractivity contribution in [3.8, 4) is 5.75 Å². The van der Waals surface area contributed by atoms with Crippen LogP contribution in [0.25, 0.3) is 0 Å². The summed E-state index contributed by atoms with van der Waals surface area (Å²) in [4.78, 5) is 35.5. The molecule has 1 saturated heterocycles. The van der Waals surface area contributed by atoms with Crippen LogP contribution in [0.2, 0.25) is 0 Å². The number of ether oxygens (including phenoxy) is 2. The van der Waals surface area contributed by atoms with Crippen LogP contribution in [0, 0.1) is 0 Å². The summed E-state index contributed by atoms with van der Waals surface area (Å²) in [5, 5.41) is 2.94. The Kier molecular flexibility index (Phi) is 6.23. The lowest BCUT2D eigenvalue weighted by Crippen LogP contribution is -2.61. The van der Waals surface area contributed by atoms with Crippen molar-refractivity contribution in [3.05, 3.63) is 54.1 Å². The van der Waals surface area contributed by atoms with Gasteiger partial charge in [-0.3, -0.25) is 9.59 Å². The molecule has 1 aromatic carbocycles. The predicted molar refractivity (Wildman–Crippen MR) is 109 cm³/mol. The molecule has 8 nitrogen and oxygen atoms in total. The molecule has 2 aliphatic rings. The standard InChI is InChI=1S/C22H26N4O4/c27-20(18-8-10-23-16-25-18)26-12-14-30-22(15-26)9-4-3-6-17-5-1-2-7-19(17)29-13-11-24-21(22)28/h1-2,5,7-8,10,16H,3-4,6,9,11-15H2,(H,24,28). The minimum absolute atomic E-state index is 0.194. The monoisotopic (exact) mass is 410 g/mol. The maximum atomic E-state index is 13.1. The molecule has 1 aromatic heterocycles. The minimum Gasteiger partial charge on any atom is -0.491 e. The van der Waals surface area contributed by atoms with Gasteiger partial charge in [0.25, 0.3) is 11.8 Å². The molecule has 2 amide bonds. The van der Waals surface area contributed by atoms with Gasteiger partial charge in [0.05, 0.1) is 19.7 Å². The maximum absolute atomic E-state index is 13.1. The van der Waals surface area contributed by atoms with Crippen LogP contribution in [-0.2, 0) is 16.0 Å². The second kappa shape index (κ2) is 9.21. The molecule has 2 aromatic rings. The molecule has 2 aliphatic heterocycles. The van der Waals surface area contributed by atoms with E-state index in [0.717, 1.165) is 25.0 Å². The summed E-state index contributed by atoms with van der Waals surface area (Å²) in [6.07, 6.45) is 6.02. The first kappa shape index (κ1) is 20.3. The number of hydrogen-bond acceptors (Lipinski definition) is 6. The number of aryl methyl sites for hydroxylation is 1. The van der Waals surface area contributed by atoms with E-state index in [1.165, 1.54) is 18.1 Å². The summed E-state index contributed by atoms with van der Waals surface area (Å²) in [5.41, 5.74) is 0.434. The third-order valence-electron chi connectivity index (χ3n) is 5.58. The number of aromatic nitrogens is 2. The van der Waals surface area contributed by atoms with Gasteiger partial charge >= 0.3 is 0 Å². The van der Waals surface area contributed by atoms with E-state index in [1.54, 1.807) is 11.0 Å². The maximum Gasteiger partial charge on any atom is 0.272 e. The first-order valence-electron chi connectivity index (χ1n) is 10.4. The minimum atomic E-state index is -1.06. The molecule has 158 valence electrons. The first-order chi connectivity index (χ1) is 14.7. The Balaban J connectivity index is 1.50. The van der Waals surface area contributed by atoms with Gasteiger partial charge in [-0.2, -0.15) is 0 Å². The Labute approximate surface area is 175 Å². The van der Waals surface area contributed by atoms with Crippen LogP contribution in [-0.4, -0.2) is 65.1 Å². The van der Waals surface area contributed by atoms with E-state index in [2.05, 4.69) is 21.4 Å². The molecule has 3 heterocycles. The predicted octanol–water partition coefficient (Wildman–Crippen LogP) is 1.61. The normalized spacial score (nSPS) is 22.8. The second-order valence-electron chi connectivity index (χ2n) is 7.58. The summed E-state index contributed by atoms with van der Waals surface area (Å²) in [5.74, 6) is 0.467. The highest BCUT2D eigenvalue weighted by atomic mass is 16.5. The van der Waals surface area contributed by atoms with Crippen molar-refractivity contribution in [1.29, 1.82) is 0 Å². The van der Waals surface area contributed by atoms with Gasteiger partial charge in [0, 0.05) is 12.7 Å². The van der Waals surface area contributed by atoms with Gasteiger partial charge in [-0.1, -0.05) is 18.2 Å². The van der Waals surface area contributed by atoms with Gasteiger partial charge in [-0.05, 0) is 43.4 Å². The number of benzene rings is 1. The summed E-state index contributed by atoms with van der Waals surface area (Å²) < 4.78 is 11.9. The number of nitrogens with one attached hydrogen (secondary N) is 1. The summed E-state index contributed by atoms with van der Waals surface area (Å²) in [7, 11) is 0. The fourth-order valence-corrected chi connectivity index (χ4v) is 4.00. The molecular formula is C22H26N4O4. The zero-order chi connectivity index (χ0) is 20.8. The smallest absolute Gasteiger partial charge is 0.272 e. The van der Waals surface area contributed by atoms with Crippen molar-refractivity contribution in [2.24, 2.45) is 0 Å². The molecule has 0 saturated carbocycles. The highest BCUT2D eigenvalue weighted by Crippen LogP contribution is 2.28.